The summed E-state index contributed by atoms with van der Waals surface area (Å²) in [4.78, 5) is 24.4. The molecule has 2 aromatic carbocycles. The van der Waals surface area contributed by atoms with Gasteiger partial charge in [-0.2, -0.15) is 5.26 Å². The van der Waals surface area contributed by atoms with Gasteiger partial charge in [-0.1, -0.05) is 23.8 Å². The average molecular weight is 408 g/mol. The average Bonchev–Trinajstić information content (AvgIpc) is 2.72. The van der Waals surface area contributed by atoms with Crippen LogP contribution in [0.4, 0.5) is 5.69 Å². The Bertz CT molecular complexity index is 992. The molecular formula is C23H24N2O5. The molecule has 7 heteroatoms. The Morgan fingerprint density at radius 3 is 2.60 bits per heavy atom. The normalized spacial score (nSPS) is 11.4. The van der Waals surface area contributed by atoms with Crippen molar-refractivity contribution >= 4 is 23.6 Å². The molecular weight excluding hydrogens is 384 g/mol. The van der Waals surface area contributed by atoms with Gasteiger partial charge in [0.1, 0.15) is 6.07 Å². The molecule has 7 nitrogen and oxygen atoms in total. The van der Waals surface area contributed by atoms with Gasteiger partial charge in [-0.15, -0.1) is 0 Å². The first-order valence-electron chi connectivity index (χ1n) is 9.28. The second-order valence-corrected chi connectivity index (χ2v) is 6.58. The van der Waals surface area contributed by atoms with E-state index in [1.165, 1.54) is 26.2 Å². The van der Waals surface area contributed by atoms with Gasteiger partial charge < -0.3 is 19.5 Å². The summed E-state index contributed by atoms with van der Waals surface area (Å²) in [7, 11) is 1.48. The molecule has 0 saturated carbocycles. The van der Waals surface area contributed by atoms with Crippen LogP contribution < -0.4 is 14.8 Å². The second kappa shape index (κ2) is 10.7. The van der Waals surface area contributed by atoms with Crippen LogP contribution in [0.2, 0.25) is 0 Å². The molecule has 0 spiro atoms. The number of anilines is 1. The van der Waals surface area contributed by atoms with Crippen LogP contribution in [0.15, 0.2) is 42.5 Å². The number of esters is 1. The van der Waals surface area contributed by atoms with Crippen LogP contribution in [-0.2, 0) is 14.3 Å². The van der Waals surface area contributed by atoms with Crippen LogP contribution in [-0.4, -0.2) is 31.7 Å². The van der Waals surface area contributed by atoms with Crippen molar-refractivity contribution in [3.05, 3.63) is 59.2 Å². The number of nitrogens with zero attached hydrogens (tertiary/aromatic N) is 1. The Morgan fingerprint density at radius 2 is 1.93 bits per heavy atom. The number of nitriles is 1. The molecule has 0 aliphatic carbocycles. The number of rotatable bonds is 8. The van der Waals surface area contributed by atoms with Crippen LogP contribution in [0, 0.1) is 25.2 Å². The fraction of sp³-hybridized carbons (Fsp3) is 0.261. The molecule has 0 aromatic heterocycles. The molecule has 0 unspecified atom stereocenters. The van der Waals surface area contributed by atoms with E-state index in [1.807, 2.05) is 38.1 Å². The zero-order valence-electron chi connectivity index (χ0n) is 17.4. The summed E-state index contributed by atoms with van der Waals surface area (Å²) in [6.45, 7) is 5.28. The molecule has 0 radical (unpaired) electrons. The molecule has 30 heavy (non-hydrogen) atoms. The molecule has 0 aliphatic rings. The maximum absolute atomic E-state index is 12.3. The van der Waals surface area contributed by atoms with E-state index in [0.29, 0.717) is 22.7 Å². The van der Waals surface area contributed by atoms with Gasteiger partial charge in [0, 0.05) is 11.8 Å². The van der Waals surface area contributed by atoms with E-state index in [0.717, 1.165) is 11.1 Å². The fourth-order valence-electron chi connectivity index (χ4n) is 2.64. The summed E-state index contributed by atoms with van der Waals surface area (Å²) in [6, 6.07) is 12.6. The standard InChI is InChI=1S/C23H24N2O5/c1-15-5-8-19(16(2)13-15)25-23(27)17(3)30-22(26)10-7-18-6-9-20(29-12-11-24)21(14-18)28-4/h5-10,13-14,17H,12H2,1-4H3,(H,25,27)/b10-7+/t17-/m0/s1. The van der Waals surface area contributed by atoms with Crippen LogP contribution in [0.1, 0.15) is 23.6 Å². The predicted octanol–water partition coefficient (Wildman–Crippen LogP) is 3.80. The fourth-order valence-corrected chi connectivity index (χ4v) is 2.64. The molecule has 2 aromatic rings. The van der Waals surface area contributed by atoms with Crippen molar-refractivity contribution in [3.63, 3.8) is 0 Å². The SMILES string of the molecule is COc1cc(/C=C/C(=O)O[C@@H](C)C(=O)Nc2ccc(C)cc2C)ccc1OCC#N. The minimum atomic E-state index is -0.959. The molecule has 1 atom stereocenters. The van der Waals surface area contributed by atoms with Crippen molar-refractivity contribution in [3.8, 4) is 17.6 Å². The summed E-state index contributed by atoms with van der Waals surface area (Å²) < 4.78 is 15.6. The summed E-state index contributed by atoms with van der Waals surface area (Å²) in [6.07, 6.45) is 1.80. The first kappa shape index (κ1) is 22.5. The number of hydrogen-bond donors (Lipinski definition) is 1. The third kappa shape index (κ3) is 6.38. The highest BCUT2D eigenvalue weighted by molar-refractivity contribution is 5.97. The zero-order chi connectivity index (χ0) is 22.1. The summed E-state index contributed by atoms with van der Waals surface area (Å²) in [5.41, 5.74) is 3.37. The Kier molecular flexibility index (Phi) is 8.00. The van der Waals surface area contributed by atoms with Gasteiger partial charge in [0.25, 0.3) is 5.91 Å². The van der Waals surface area contributed by atoms with Crippen LogP contribution in [0.5, 0.6) is 11.5 Å². The highest BCUT2D eigenvalue weighted by atomic mass is 16.5. The summed E-state index contributed by atoms with van der Waals surface area (Å²) in [5, 5.41) is 11.4. The number of carbonyl (C=O) groups is 2. The summed E-state index contributed by atoms with van der Waals surface area (Å²) in [5.74, 6) is -0.205. The second-order valence-electron chi connectivity index (χ2n) is 6.58. The molecule has 1 amide bonds. The smallest absolute Gasteiger partial charge is 0.331 e. The lowest BCUT2D eigenvalue weighted by molar-refractivity contribution is -0.148. The monoisotopic (exact) mass is 408 g/mol. The maximum Gasteiger partial charge on any atom is 0.331 e. The van der Waals surface area contributed by atoms with Gasteiger partial charge in [0.15, 0.2) is 24.2 Å². The first-order chi connectivity index (χ1) is 14.3. The van der Waals surface area contributed by atoms with E-state index in [2.05, 4.69) is 5.32 Å². The van der Waals surface area contributed by atoms with Gasteiger partial charge in [0.2, 0.25) is 0 Å². The summed E-state index contributed by atoms with van der Waals surface area (Å²) >= 11 is 0. The predicted molar refractivity (Wildman–Crippen MR) is 113 cm³/mol. The van der Waals surface area contributed by atoms with Gasteiger partial charge in [-0.3, -0.25) is 4.79 Å². The Balaban J connectivity index is 1.96. The number of methoxy groups -OCH3 is 1. The number of benzene rings is 2. The van der Waals surface area contributed by atoms with Crippen LogP contribution in [0.25, 0.3) is 6.08 Å². The molecule has 0 saturated heterocycles. The van der Waals surface area contributed by atoms with Gasteiger partial charge in [-0.05, 0) is 56.2 Å². The number of hydrogen-bond acceptors (Lipinski definition) is 6. The van der Waals surface area contributed by atoms with E-state index in [4.69, 9.17) is 19.5 Å². The molecule has 0 bridgehead atoms. The molecule has 0 heterocycles. The quantitative estimate of drug-likeness (QED) is 0.527. The number of ether oxygens (including phenoxy) is 3. The highest BCUT2D eigenvalue weighted by Crippen LogP contribution is 2.28. The minimum Gasteiger partial charge on any atom is -0.493 e. The number of aryl methyl sites for hydroxylation is 2. The Labute approximate surface area is 175 Å². The lowest BCUT2D eigenvalue weighted by atomic mass is 10.1. The number of carbonyl (C=O) groups excluding carboxylic acids is 2. The lowest BCUT2D eigenvalue weighted by Gasteiger charge is -2.14. The molecule has 2 rings (SSSR count). The van der Waals surface area contributed by atoms with Crippen LogP contribution >= 0.6 is 0 Å². The minimum absolute atomic E-state index is 0.0973. The molecule has 1 N–H and O–H groups in total. The van der Waals surface area contributed by atoms with E-state index < -0.39 is 18.0 Å². The molecule has 0 fully saturated rings. The van der Waals surface area contributed by atoms with Crippen molar-refractivity contribution < 1.29 is 23.8 Å². The van der Waals surface area contributed by atoms with E-state index in [9.17, 15) is 9.59 Å². The van der Waals surface area contributed by atoms with E-state index >= 15 is 0 Å². The van der Waals surface area contributed by atoms with Crippen molar-refractivity contribution in [1.29, 1.82) is 5.26 Å². The zero-order valence-corrected chi connectivity index (χ0v) is 17.4. The first-order valence-corrected chi connectivity index (χ1v) is 9.28. The van der Waals surface area contributed by atoms with Gasteiger partial charge in [0.05, 0.1) is 7.11 Å². The molecule has 156 valence electrons. The van der Waals surface area contributed by atoms with Crippen LogP contribution in [0.3, 0.4) is 0 Å². The third-order valence-corrected chi connectivity index (χ3v) is 4.19. The van der Waals surface area contributed by atoms with E-state index in [1.54, 1.807) is 18.2 Å². The van der Waals surface area contributed by atoms with Gasteiger partial charge in [-0.25, -0.2) is 4.79 Å². The largest absolute Gasteiger partial charge is 0.493 e. The van der Waals surface area contributed by atoms with Crippen molar-refractivity contribution in [2.45, 2.75) is 26.9 Å². The lowest BCUT2D eigenvalue weighted by Crippen LogP contribution is -2.29. The topological polar surface area (TPSA) is 97.7 Å². The number of amides is 1. The highest BCUT2D eigenvalue weighted by Gasteiger charge is 2.17. The Hall–Kier alpha value is -3.79. The maximum atomic E-state index is 12.3. The van der Waals surface area contributed by atoms with Gasteiger partial charge >= 0.3 is 5.97 Å². The van der Waals surface area contributed by atoms with Crippen molar-refractivity contribution in [2.75, 3.05) is 19.0 Å². The van der Waals surface area contributed by atoms with E-state index in [-0.39, 0.29) is 6.61 Å². The van der Waals surface area contributed by atoms with Crippen molar-refractivity contribution in [1.82, 2.24) is 0 Å². The third-order valence-electron chi connectivity index (χ3n) is 4.19. The van der Waals surface area contributed by atoms with Crippen molar-refractivity contribution in [2.24, 2.45) is 0 Å². The Morgan fingerprint density at radius 1 is 1.17 bits per heavy atom. The molecule has 0 aliphatic heterocycles. The number of nitrogens with one attached hydrogen (secondary N) is 1.